The van der Waals surface area contributed by atoms with Crippen LogP contribution < -0.4 is 10.6 Å². The third-order valence-electron chi connectivity index (χ3n) is 5.77. The molecule has 2 aromatic heterocycles. The monoisotopic (exact) mass is 422 g/mol. The first-order valence-electron chi connectivity index (χ1n) is 10.6. The van der Waals surface area contributed by atoms with Crippen molar-refractivity contribution in [3.05, 3.63) is 102 Å². The Balaban J connectivity index is 1.21. The summed E-state index contributed by atoms with van der Waals surface area (Å²) in [5.74, 6) is -0.101. The fourth-order valence-electron chi connectivity index (χ4n) is 3.94. The molecule has 2 N–H and O–H groups in total. The molecule has 1 saturated carbocycles. The zero-order valence-electron chi connectivity index (χ0n) is 17.4. The van der Waals surface area contributed by atoms with Crippen LogP contribution in [0.25, 0.3) is 10.8 Å². The molecular formula is C26H22N4O2. The van der Waals surface area contributed by atoms with Crippen molar-refractivity contribution in [3.8, 4) is 0 Å². The Kier molecular flexibility index (Phi) is 5.34. The molecule has 2 heterocycles. The quantitative estimate of drug-likeness (QED) is 0.485. The molecule has 2 unspecified atom stereocenters. The molecule has 2 amide bonds. The third kappa shape index (κ3) is 4.34. The van der Waals surface area contributed by atoms with Crippen molar-refractivity contribution in [1.82, 2.24) is 15.3 Å². The van der Waals surface area contributed by atoms with Crippen LogP contribution >= 0.6 is 0 Å². The van der Waals surface area contributed by atoms with Gasteiger partial charge in [0.2, 0.25) is 5.91 Å². The summed E-state index contributed by atoms with van der Waals surface area (Å²) >= 11 is 0. The summed E-state index contributed by atoms with van der Waals surface area (Å²) in [6, 6.07) is 20.9. The van der Waals surface area contributed by atoms with Crippen LogP contribution in [0.2, 0.25) is 0 Å². The molecule has 32 heavy (non-hydrogen) atoms. The average molecular weight is 422 g/mol. The number of benzene rings is 2. The molecule has 0 aliphatic heterocycles. The molecule has 1 aliphatic carbocycles. The van der Waals surface area contributed by atoms with Gasteiger partial charge < -0.3 is 10.6 Å². The van der Waals surface area contributed by atoms with E-state index in [-0.39, 0.29) is 23.7 Å². The summed E-state index contributed by atoms with van der Waals surface area (Å²) < 4.78 is 0. The van der Waals surface area contributed by atoms with Gasteiger partial charge in [0, 0.05) is 41.1 Å². The van der Waals surface area contributed by atoms with Gasteiger partial charge in [-0.1, -0.05) is 24.3 Å². The second-order valence-corrected chi connectivity index (χ2v) is 8.00. The number of carbonyl (C=O) groups excluding carboxylic acids is 2. The number of rotatable bonds is 6. The van der Waals surface area contributed by atoms with Gasteiger partial charge in [-0.3, -0.25) is 19.6 Å². The molecule has 0 radical (unpaired) electrons. The number of nitrogens with zero attached hydrogens (tertiary/aromatic N) is 2. The Morgan fingerprint density at radius 3 is 2.75 bits per heavy atom. The van der Waals surface area contributed by atoms with E-state index in [1.54, 1.807) is 24.7 Å². The fourth-order valence-corrected chi connectivity index (χ4v) is 3.94. The van der Waals surface area contributed by atoms with E-state index in [0.717, 1.165) is 34.1 Å². The summed E-state index contributed by atoms with van der Waals surface area (Å²) in [5, 5.41) is 8.00. The van der Waals surface area contributed by atoms with Crippen molar-refractivity contribution < 1.29 is 9.59 Å². The van der Waals surface area contributed by atoms with E-state index in [1.165, 1.54) is 0 Å². The fraction of sp³-hybridized carbons (Fsp3) is 0.154. The minimum atomic E-state index is -0.148. The van der Waals surface area contributed by atoms with Crippen LogP contribution in [-0.2, 0) is 11.3 Å². The number of nitrogens with one attached hydrogen (secondary N) is 2. The number of hydrogen-bond acceptors (Lipinski definition) is 4. The highest BCUT2D eigenvalue weighted by molar-refractivity contribution is 5.98. The lowest BCUT2D eigenvalue weighted by Crippen LogP contribution is -2.23. The van der Waals surface area contributed by atoms with Crippen molar-refractivity contribution >= 4 is 28.3 Å². The average Bonchev–Trinajstić information content (AvgIpc) is 3.65. The first kappa shape index (κ1) is 19.9. The molecule has 4 aromatic rings. The molecule has 1 aliphatic rings. The Bertz CT molecular complexity index is 1290. The highest BCUT2D eigenvalue weighted by Gasteiger charge is 2.44. The Morgan fingerprint density at radius 1 is 0.938 bits per heavy atom. The standard InChI is InChI=1S/C26H22N4O2/c31-25(29-16-22-6-1-2-10-28-22)19-5-3-4-18(12-19)23-14-24(23)26(32)30-21-8-7-20-15-27-11-9-17(20)13-21/h1-13,15,23-24H,14,16H2,(H,29,31)(H,30,32). The molecule has 6 nitrogen and oxygen atoms in total. The predicted molar refractivity (Wildman–Crippen MR) is 123 cm³/mol. The maximum atomic E-state index is 12.8. The first-order valence-corrected chi connectivity index (χ1v) is 10.6. The van der Waals surface area contributed by atoms with Crippen molar-refractivity contribution in [2.24, 2.45) is 5.92 Å². The number of amides is 2. The molecule has 0 saturated heterocycles. The lowest BCUT2D eigenvalue weighted by atomic mass is 10.0. The highest BCUT2D eigenvalue weighted by Crippen LogP contribution is 2.48. The lowest BCUT2D eigenvalue weighted by Gasteiger charge is -2.08. The lowest BCUT2D eigenvalue weighted by molar-refractivity contribution is -0.117. The topological polar surface area (TPSA) is 84.0 Å². The maximum Gasteiger partial charge on any atom is 0.251 e. The molecule has 158 valence electrons. The van der Waals surface area contributed by atoms with E-state index in [4.69, 9.17) is 0 Å². The number of hydrogen-bond donors (Lipinski definition) is 2. The molecule has 2 aromatic carbocycles. The van der Waals surface area contributed by atoms with Crippen LogP contribution in [0.1, 0.15) is 34.0 Å². The molecule has 1 fully saturated rings. The van der Waals surface area contributed by atoms with Crippen LogP contribution in [0.4, 0.5) is 5.69 Å². The summed E-state index contributed by atoms with van der Waals surface area (Å²) in [6.07, 6.45) is 6.03. The zero-order valence-corrected chi connectivity index (χ0v) is 17.4. The van der Waals surface area contributed by atoms with Crippen molar-refractivity contribution in [3.63, 3.8) is 0 Å². The van der Waals surface area contributed by atoms with E-state index >= 15 is 0 Å². The predicted octanol–water partition coefficient (Wildman–Crippen LogP) is 4.30. The SMILES string of the molecule is O=C(NCc1ccccn1)c1cccc(C2CC2C(=O)Nc2ccc3cnccc3c2)c1. The molecule has 0 spiro atoms. The Morgan fingerprint density at radius 2 is 1.88 bits per heavy atom. The van der Waals surface area contributed by atoms with Gasteiger partial charge in [0.1, 0.15) is 0 Å². The Labute approximate surface area is 185 Å². The van der Waals surface area contributed by atoms with Gasteiger partial charge >= 0.3 is 0 Å². The van der Waals surface area contributed by atoms with Gasteiger partial charge in [0.05, 0.1) is 12.2 Å². The normalized spacial score (nSPS) is 17.0. The van der Waals surface area contributed by atoms with Crippen LogP contribution in [0.3, 0.4) is 0 Å². The maximum absolute atomic E-state index is 12.8. The van der Waals surface area contributed by atoms with Gasteiger partial charge in [-0.05, 0) is 65.8 Å². The number of pyridine rings is 2. The van der Waals surface area contributed by atoms with E-state index in [2.05, 4.69) is 20.6 Å². The van der Waals surface area contributed by atoms with E-state index in [1.807, 2.05) is 60.7 Å². The zero-order chi connectivity index (χ0) is 21.9. The van der Waals surface area contributed by atoms with Crippen LogP contribution in [0.15, 0.2) is 85.3 Å². The molecule has 6 heteroatoms. The van der Waals surface area contributed by atoms with Crippen molar-refractivity contribution in [1.29, 1.82) is 0 Å². The van der Waals surface area contributed by atoms with Gasteiger partial charge in [-0.2, -0.15) is 0 Å². The first-order chi connectivity index (χ1) is 15.7. The van der Waals surface area contributed by atoms with E-state index in [9.17, 15) is 9.59 Å². The van der Waals surface area contributed by atoms with Crippen molar-refractivity contribution in [2.45, 2.75) is 18.9 Å². The van der Waals surface area contributed by atoms with Crippen LogP contribution in [-0.4, -0.2) is 21.8 Å². The van der Waals surface area contributed by atoms with Crippen LogP contribution in [0.5, 0.6) is 0 Å². The summed E-state index contributed by atoms with van der Waals surface area (Å²) in [7, 11) is 0. The van der Waals surface area contributed by atoms with Gasteiger partial charge in [-0.25, -0.2) is 0 Å². The smallest absolute Gasteiger partial charge is 0.251 e. The van der Waals surface area contributed by atoms with E-state index < -0.39 is 0 Å². The summed E-state index contributed by atoms with van der Waals surface area (Å²) in [4.78, 5) is 33.6. The number of carbonyl (C=O) groups is 2. The molecule has 0 bridgehead atoms. The summed E-state index contributed by atoms with van der Waals surface area (Å²) in [5.41, 5.74) is 3.19. The number of aromatic nitrogens is 2. The van der Waals surface area contributed by atoms with Gasteiger partial charge in [0.15, 0.2) is 0 Å². The number of anilines is 1. The summed E-state index contributed by atoms with van der Waals surface area (Å²) in [6.45, 7) is 0.375. The van der Waals surface area contributed by atoms with E-state index in [0.29, 0.717) is 12.1 Å². The second kappa shape index (κ2) is 8.59. The largest absolute Gasteiger partial charge is 0.346 e. The van der Waals surface area contributed by atoms with Crippen LogP contribution in [0, 0.1) is 5.92 Å². The molecule has 2 atom stereocenters. The third-order valence-corrected chi connectivity index (χ3v) is 5.77. The molecular weight excluding hydrogens is 400 g/mol. The number of fused-ring (bicyclic) bond motifs is 1. The van der Waals surface area contributed by atoms with Crippen molar-refractivity contribution in [2.75, 3.05) is 5.32 Å². The minimum Gasteiger partial charge on any atom is -0.346 e. The highest BCUT2D eigenvalue weighted by atomic mass is 16.2. The second-order valence-electron chi connectivity index (χ2n) is 8.00. The van der Waals surface area contributed by atoms with Gasteiger partial charge in [0.25, 0.3) is 5.91 Å². The Hall–Kier alpha value is -4.06. The van der Waals surface area contributed by atoms with Gasteiger partial charge in [-0.15, -0.1) is 0 Å². The minimum absolute atomic E-state index is 0.00779. The molecule has 5 rings (SSSR count).